The van der Waals surface area contributed by atoms with Gasteiger partial charge in [0.05, 0.1) is 6.61 Å². The zero-order chi connectivity index (χ0) is 13.0. The molecule has 6 heteroatoms. The van der Waals surface area contributed by atoms with E-state index in [0.717, 1.165) is 5.56 Å². The number of hydrogen-bond acceptors (Lipinski definition) is 4. The number of aromatic nitrogens is 3. The van der Waals surface area contributed by atoms with Crippen LogP contribution in [0.4, 0.5) is 4.39 Å². The highest BCUT2D eigenvalue weighted by molar-refractivity contribution is 5.55. The van der Waals surface area contributed by atoms with Crippen molar-refractivity contribution in [3.63, 3.8) is 0 Å². The lowest BCUT2D eigenvalue weighted by Gasteiger charge is -2.08. The van der Waals surface area contributed by atoms with Gasteiger partial charge < -0.3 is 14.4 Å². The Kier molecular flexibility index (Phi) is 4.01. The van der Waals surface area contributed by atoms with Gasteiger partial charge in [-0.15, -0.1) is 10.2 Å². The van der Waals surface area contributed by atoms with Gasteiger partial charge in [-0.2, -0.15) is 0 Å². The third-order valence-electron chi connectivity index (χ3n) is 2.59. The molecular formula is C12H14FN3O2. The lowest BCUT2D eigenvalue weighted by Crippen LogP contribution is -2.10. The van der Waals surface area contributed by atoms with Crippen LogP contribution in [0.5, 0.6) is 0 Å². The van der Waals surface area contributed by atoms with E-state index in [1.165, 1.54) is 12.1 Å². The Morgan fingerprint density at radius 1 is 1.28 bits per heavy atom. The second-order valence-corrected chi connectivity index (χ2v) is 3.75. The molecule has 0 spiro atoms. The summed E-state index contributed by atoms with van der Waals surface area (Å²) in [6.45, 7) is 0.823. The maximum Gasteiger partial charge on any atom is 0.164 e. The molecule has 1 heterocycles. The van der Waals surface area contributed by atoms with Gasteiger partial charge in [0, 0.05) is 19.2 Å². The summed E-state index contributed by atoms with van der Waals surface area (Å²) in [6, 6.07) is 5.99. The van der Waals surface area contributed by atoms with E-state index in [2.05, 4.69) is 10.2 Å². The number of hydrogen-bond donors (Lipinski definition) is 1. The van der Waals surface area contributed by atoms with Crippen LogP contribution in [-0.2, 0) is 17.9 Å². The second kappa shape index (κ2) is 5.70. The fourth-order valence-electron chi connectivity index (χ4n) is 1.68. The average molecular weight is 251 g/mol. The third-order valence-corrected chi connectivity index (χ3v) is 2.59. The SMILES string of the molecule is COCCn1c(CO)nnc1-c1ccc(F)cc1. The van der Waals surface area contributed by atoms with Crippen molar-refractivity contribution in [3.8, 4) is 11.4 Å². The van der Waals surface area contributed by atoms with Crippen molar-refractivity contribution < 1.29 is 14.2 Å². The van der Waals surface area contributed by atoms with E-state index in [0.29, 0.717) is 24.8 Å². The van der Waals surface area contributed by atoms with Crippen LogP contribution in [0, 0.1) is 5.82 Å². The minimum atomic E-state index is -0.302. The molecule has 0 saturated heterocycles. The molecule has 0 saturated carbocycles. The number of aliphatic hydroxyl groups is 1. The maximum absolute atomic E-state index is 12.9. The summed E-state index contributed by atoms with van der Waals surface area (Å²) in [5, 5.41) is 17.1. The molecule has 0 aliphatic carbocycles. The highest BCUT2D eigenvalue weighted by Gasteiger charge is 2.12. The van der Waals surface area contributed by atoms with Gasteiger partial charge in [-0.1, -0.05) is 0 Å². The van der Waals surface area contributed by atoms with E-state index < -0.39 is 0 Å². The molecule has 0 aliphatic rings. The third kappa shape index (κ3) is 2.55. The van der Waals surface area contributed by atoms with Crippen LogP contribution < -0.4 is 0 Å². The van der Waals surface area contributed by atoms with Crippen molar-refractivity contribution in [2.24, 2.45) is 0 Å². The number of ether oxygens (including phenoxy) is 1. The van der Waals surface area contributed by atoms with Crippen LogP contribution in [-0.4, -0.2) is 33.6 Å². The first kappa shape index (κ1) is 12.7. The Balaban J connectivity index is 2.37. The molecule has 2 rings (SSSR count). The topological polar surface area (TPSA) is 60.2 Å². The fourth-order valence-corrected chi connectivity index (χ4v) is 1.68. The van der Waals surface area contributed by atoms with E-state index in [9.17, 15) is 9.50 Å². The van der Waals surface area contributed by atoms with Gasteiger partial charge in [0.2, 0.25) is 0 Å². The van der Waals surface area contributed by atoms with Crippen LogP contribution >= 0.6 is 0 Å². The summed E-state index contributed by atoms with van der Waals surface area (Å²) in [4.78, 5) is 0. The molecule has 5 nitrogen and oxygen atoms in total. The molecule has 0 radical (unpaired) electrons. The predicted octanol–water partition coefficient (Wildman–Crippen LogP) is 1.22. The van der Waals surface area contributed by atoms with Crippen molar-refractivity contribution in [3.05, 3.63) is 35.9 Å². The van der Waals surface area contributed by atoms with Gasteiger partial charge in [0.25, 0.3) is 0 Å². The fraction of sp³-hybridized carbons (Fsp3) is 0.333. The average Bonchev–Trinajstić information content (AvgIpc) is 2.80. The van der Waals surface area contributed by atoms with Crippen LogP contribution in [0.1, 0.15) is 5.82 Å². The van der Waals surface area contributed by atoms with Crippen molar-refractivity contribution in [1.29, 1.82) is 0 Å². The molecule has 0 unspecified atom stereocenters. The number of halogens is 1. The minimum absolute atomic E-state index is 0.197. The molecule has 2 aromatic rings. The minimum Gasteiger partial charge on any atom is -0.388 e. The number of nitrogens with zero attached hydrogens (tertiary/aromatic N) is 3. The van der Waals surface area contributed by atoms with Gasteiger partial charge in [0.15, 0.2) is 11.6 Å². The Labute approximate surface area is 104 Å². The summed E-state index contributed by atoms with van der Waals surface area (Å²) in [5.41, 5.74) is 0.750. The Hall–Kier alpha value is -1.79. The number of rotatable bonds is 5. The largest absolute Gasteiger partial charge is 0.388 e. The summed E-state index contributed by atoms with van der Waals surface area (Å²) < 4.78 is 19.6. The quantitative estimate of drug-likeness (QED) is 0.868. The van der Waals surface area contributed by atoms with Gasteiger partial charge >= 0.3 is 0 Å². The van der Waals surface area contributed by atoms with Crippen molar-refractivity contribution >= 4 is 0 Å². The first-order valence-corrected chi connectivity index (χ1v) is 5.54. The van der Waals surface area contributed by atoms with Gasteiger partial charge in [0.1, 0.15) is 12.4 Å². The number of aliphatic hydroxyl groups excluding tert-OH is 1. The smallest absolute Gasteiger partial charge is 0.164 e. The van der Waals surface area contributed by atoms with Crippen LogP contribution in [0.25, 0.3) is 11.4 Å². The first-order chi connectivity index (χ1) is 8.76. The summed E-state index contributed by atoms with van der Waals surface area (Å²) in [6.07, 6.45) is 0. The zero-order valence-electron chi connectivity index (χ0n) is 10.0. The van der Waals surface area contributed by atoms with E-state index in [1.54, 1.807) is 23.8 Å². The monoisotopic (exact) mass is 251 g/mol. The molecule has 1 aromatic carbocycles. The van der Waals surface area contributed by atoms with Gasteiger partial charge in [-0.3, -0.25) is 0 Å². The molecule has 0 amide bonds. The summed E-state index contributed by atoms with van der Waals surface area (Å²) >= 11 is 0. The lowest BCUT2D eigenvalue weighted by atomic mass is 10.2. The highest BCUT2D eigenvalue weighted by atomic mass is 19.1. The molecule has 0 atom stereocenters. The van der Waals surface area contributed by atoms with Crippen LogP contribution in [0.15, 0.2) is 24.3 Å². The molecule has 0 fully saturated rings. The Morgan fingerprint density at radius 2 is 2.00 bits per heavy atom. The first-order valence-electron chi connectivity index (χ1n) is 5.54. The van der Waals surface area contributed by atoms with Crippen molar-refractivity contribution in [2.75, 3.05) is 13.7 Å². The maximum atomic E-state index is 12.9. The van der Waals surface area contributed by atoms with Gasteiger partial charge in [-0.05, 0) is 24.3 Å². The molecule has 18 heavy (non-hydrogen) atoms. The number of methoxy groups -OCH3 is 1. The van der Waals surface area contributed by atoms with Gasteiger partial charge in [-0.25, -0.2) is 4.39 Å². The summed E-state index contributed by atoms with van der Waals surface area (Å²) in [7, 11) is 1.60. The Morgan fingerprint density at radius 3 is 2.61 bits per heavy atom. The van der Waals surface area contributed by atoms with Crippen molar-refractivity contribution in [2.45, 2.75) is 13.2 Å². The number of benzene rings is 1. The summed E-state index contributed by atoms with van der Waals surface area (Å²) in [5.74, 6) is 0.756. The van der Waals surface area contributed by atoms with Crippen molar-refractivity contribution in [1.82, 2.24) is 14.8 Å². The standard InChI is InChI=1S/C12H14FN3O2/c1-18-7-6-16-11(8-17)14-15-12(16)9-2-4-10(13)5-3-9/h2-5,17H,6-8H2,1H3. The predicted molar refractivity (Wildman–Crippen MR) is 63.2 cm³/mol. The zero-order valence-corrected chi connectivity index (χ0v) is 10.0. The van der Waals surface area contributed by atoms with E-state index in [1.807, 2.05) is 0 Å². The Bertz CT molecular complexity index is 511. The normalized spacial score (nSPS) is 10.8. The van der Waals surface area contributed by atoms with E-state index >= 15 is 0 Å². The van der Waals surface area contributed by atoms with E-state index in [4.69, 9.17) is 4.74 Å². The molecule has 0 aliphatic heterocycles. The molecule has 96 valence electrons. The second-order valence-electron chi connectivity index (χ2n) is 3.75. The van der Waals surface area contributed by atoms with Crippen LogP contribution in [0.3, 0.4) is 0 Å². The molecule has 1 aromatic heterocycles. The lowest BCUT2D eigenvalue weighted by molar-refractivity contribution is 0.183. The molecule has 1 N–H and O–H groups in total. The molecule has 0 bridgehead atoms. The molecular weight excluding hydrogens is 237 g/mol. The van der Waals surface area contributed by atoms with Crippen LogP contribution in [0.2, 0.25) is 0 Å². The van der Waals surface area contributed by atoms with E-state index in [-0.39, 0.29) is 12.4 Å². The highest BCUT2D eigenvalue weighted by Crippen LogP contribution is 2.18.